The minimum atomic E-state index is -4.52. The zero-order chi connectivity index (χ0) is 12.3. The van der Waals surface area contributed by atoms with Crippen LogP contribution >= 0.6 is 24.0 Å². The van der Waals surface area contributed by atoms with Crippen LogP contribution in [-0.4, -0.2) is 0 Å². The van der Waals surface area contributed by atoms with Gasteiger partial charge in [-0.3, -0.25) is 0 Å². The van der Waals surface area contributed by atoms with Gasteiger partial charge in [0.2, 0.25) is 0 Å². The molecule has 0 saturated carbocycles. The maximum atomic E-state index is 12.6. The predicted octanol–water partition coefficient (Wildman–Crippen LogP) is 3.69. The lowest BCUT2D eigenvalue weighted by molar-refractivity contribution is -0.138. The second-order valence-corrected chi connectivity index (χ2v) is 3.63. The summed E-state index contributed by atoms with van der Waals surface area (Å²) in [6, 6.07) is 4.11. The van der Waals surface area contributed by atoms with E-state index in [-0.39, 0.29) is 29.4 Å². The molecule has 2 N–H and O–H groups in total. The molecule has 1 aromatic rings. The molecule has 0 spiro atoms. The van der Waals surface area contributed by atoms with E-state index in [0.717, 1.165) is 6.07 Å². The third-order valence-electron chi connectivity index (χ3n) is 2.03. The van der Waals surface area contributed by atoms with Gasteiger partial charge in [0.05, 0.1) is 18.1 Å². The van der Waals surface area contributed by atoms with E-state index in [2.05, 4.69) is 0 Å². The summed E-state index contributed by atoms with van der Waals surface area (Å²) in [7, 11) is 0. The zero-order valence-electron chi connectivity index (χ0n) is 8.46. The van der Waals surface area contributed by atoms with Crippen molar-refractivity contribution in [3.05, 3.63) is 34.3 Å². The van der Waals surface area contributed by atoms with Crippen LogP contribution in [0.2, 0.25) is 5.02 Å². The molecular weight excluding hydrogens is 276 g/mol. The first kappa shape index (κ1) is 16.0. The van der Waals surface area contributed by atoms with Crippen LogP contribution < -0.4 is 5.73 Å². The van der Waals surface area contributed by atoms with E-state index in [1.807, 2.05) is 0 Å². The fourth-order valence-corrected chi connectivity index (χ4v) is 1.48. The van der Waals surface area contributed by atoms with Gasteiger partial charge in [0.25, 0.3) is 0 Å². The third kappa shape index (κ3) is 4.08. The predicted molar refractivity (Wildman–Crippen MR) is 60.9 cm³/mol. The van der Waals surface area contributed by atoms with Crippen molar-refractivity contribution in [2.45, 2.75) is 18.6 Å². The summed E-state index contributed by atoms with van der Waals surface area (Å²) >= 11 is 5.50. The maximum Gasteiger partial charge on any atom is 0.416 e. The molecule has 0 amide bonds. The van der Waals surface area contributed by atoms with Gasteiger partial charge in [-0.2, -0.15) is 18.4 Å². The quantitative estimate of drug-likeness (QED) is 0.900. The molecule has 7 heteroatoms. The lowest BCUT2D eigenvalue weighted by Gasteiger charge is -2.16. The molecule has 0 heterocycles. The number of alkyl halides is 3. The Hall–Kier alpha value is -0.960. The molecule has 1 aromatic carbocycles. The molecule has 0 saturated heterocycles. The Morgan fingerprint density at radius 2 is 2.00 bits per heavy atom. The van der Waals surface area contributed by atoms with Crippen LogP contribution in [0.3, 0.4) is 0 Å². The minimum absolute atomic E-state index is 0. The number of nitrogens with two attached hydrogens (primary N) is 1. The van der Waals surface area contributed by atoms with Crippen molar-refractivity contribution in [1.82, 2.24) is 0 Å². The van der Waals surface area contributed by atoms with Gasteiger partial charge in [0.1, 0.15) is 0 Å². The minimum Gasteiger partial charge on any atom is -0.323 e. The Bertz CT molecular complexity index is 427. The fourth-order valence-electron chi connectivity index (χ4n) is 1.31. The molecule has 0 bridgehead atoms. The van der Waals surface area contributed by atoms with E-state index in [1.165, 1.54) is 12.1 Å². The first-order chi connectivity index (χ1) is 7.36. The van der Waals surface area contributed by atoms with Crippen molar-refractivity contribution in [1.29, 1.82) is 5.26 Å². The summed E-state index contributed by atoms with van der Waals surface area (Å²) < 4.78 is 37.9. The van der Waals surface area contributed by atoms with Gasteiger partial charge in [-0.05, 0) is 17.7 Å². The largest absolute Gasteiger partial charge is 0.416 e. The zero-order valence-corrected chi connectivity index (χ0v) is 10.0. The second-order valence-electron chi connectivity index (χ2n) is 3.20. The van der Waals surface area contributed by atoms with Crippen molar-refractivity contribution in [2.75, 3.05) is 0 Å². The number of nitrogens with zero attached hydrogens (tertiary/aromatic N) is 1. The maximum absolute atomic E-state index is 12.6. The van der Waals surface area contributed by atoms with Crippen molar-refractivity contribution in [2.24, 2.45) is 5.73 Å². The van der Waals surface area contributed by atoms with Crippen LogP contribution in [0.25, 0.3) is 0 Å². The number of benzene rings is 1. The molecule has 0 unspecified atom stereocenters. The van der Waals surface area contributed by atoms with E-state index in [9.17, 15) is 13.2 Å². The molecule has 0 aromatic heterocycles. The smallest absolute Gasteiger partial charge is 0.323 e. The first-order valence-electron chi connectivity index (χ1n) is 4.35. The van der Waals surface area contributed by atoms with E-state index in [1.54, 1.807) is 6.07 Å². The Morgan fingerprint density at radius 3 is 2.47 bits per heavy atom. The lowest BCUT2D eigenvalue weighted by Crippen LogP contribution is -2.17. The summed E-state index contributed by atoms with van der Waals surface area (Å²) in [5, 5.41) is 8.40. The third-order valence-corrected chi connectivity index (χ3v) is 2.27. The molecule has 0 fully saturated rings. The normalized spacial score (nSPS) is 12.5. The Morgan fingerprint density at radius 1 is 1.41 bits per heavy atom. The molecule has 2 nitrogen and oxygen atoms in total. The topological polar surface area (TPSA) is 49.8 Å². The monoisotopic (exact) mass is 284 g/mol. The Kier molecular flexibility index (Phi) is 5.76. The highest BCUT2D eigenvalue weighted by atomic mass is 35.5. The van der Waals surface area contributed by atoms with E-state index >= 15 is 0 Å². The lowest BCUT2D eigenvalue weighted by atomic mass is 9.99. The van der Waals surface area contributed by atoms with Gasteiger partial charge >= 0.3 is 6.18 Å². The summed E-state index contributed by atoms with van der Waals surface area (Å²) in [5.74, 6) is 0. The van der Waals surface area contributed by atoms with Crippen molar-refractivity contribution >= 4 is 24.0 Å². The summed E-state index contributed by atoms with van der Waals surface area (Å²) in [6.45, 7) is 0. The van der Waals surface area contributed by atoms with E-state index in [4.69, 9.17) is 22.6 Å². The molecule has 0 radical (unpaired) electrons. The van der Waals surface area contributed by atoms with E-state index in [0.29, 0.717) is 0 Å². The highest BCUT2D eigenvalue weighted by Crippen LogP contribution is 2.36. The van der Waals surface area contributed by atoms with Crippen molar-refractivity contribution in [3.8, 4) is 6.07 Å². The van der Waals surface area contributed by atoms with Crippen LogP contribution in [0.5, 0.6) is 0 Å². The highest BCUT2D eigenvalue weighted by molar-refractivity contribution is 6.30. The number of hydrogen-bond donors (Lipinski definition) is 1. The van der Waals surface area contributed by atoms with Gasteiger partial charge in [0, 0.05) is 11.1 Å². The van der Waals surface area contributed by atoms with Crippen LogP contribution in [-0.2, 0) is 6.18 Å². The molecule has 0 aliphatic rings. The van der Waals surface area contributed by atoms with Crippen LogP contribution in [0.15, 0.2) is 18.2 Å². The first-order valence-corrected chi connectivity index (χ1v) is 4.73. The summed E-state index contributed by atoms with van der Waals surface area (Å²) in [4.78, 5) is 0. The number of hydrogen-bond acceptors (Lipinski definition) is 2. The summed E-state index contributed by atoms with van der Waals surface area (Å²) in [6.07, 6.45) is -4.70. The fraction of sp³-hybridized carbons (Fsp3) is 0.300. The van der Waals surface area contributed by atoms with Crippen LogP contribution in [0.4, 0.5) is 13.2 Å². The standard InChI is InChI=1S/C10H8ClF3N2.ClH/c11-6-1-2-7(9(16)3-4-15)8(5-6)10(12,13)14;/h1-2,5,9H,3,16H2;1H/t9-;/m1./s1. The van der Waals surface area contributed by atoms with Gasteiger partial charge in [-0.15, -0.1) is 12.4 Å². The van der Waals surface area contributed by atoms with Gasteiger partial charge < -0.3 is 5.73 Å². The van der Waals surface area contributed by atoms with Crippen LogP contribution in [0.1, 0.15) is 23.6 Å². The van der Waals surface area contributed by atoms with Gasteiger partial charge in [-0.25, -0.2) is 0 Å². The summed E-state index contributed by atoms with van der Waals surface area (Å²) in [5.41, 5.74) is 4.49. The van der Waals surface area contributed by atoms with E-state index < -0.39 is 17.8 Å². The molecule has 1 atom stereocenters. The van der Waals surface area contributed by atoms with Crippen LogP contribution in [0, 0.1) is 11.3 Å². The second kappa shape index (κ2) is 6.10. The number of nitriles is 1. The number of halogens is 5. The number of rotatable bonds is 2. The van der Waals surface area contributed by atoms with Gasteiger partial charge in [0.15, 0.2) is 0 Å². The molecule has 0 aliphatic heterocycles. The Balaban J connectivity index is 0.00000256. The van der Waals surface area contributed by atoms with Gasteiger partial charge in [-0.1, -0.05) is 17.7 Å². The average molecular weight is 285 g/mol. The van der Waals surface area contributed by atoms with Crippen molar-refractivity contribution < 1.29 is 13.2 Å². The molecular formula is C10H9Cl2F3N2. The molecule has 94 valence electrons. The van der Waals surface area contributed by atoms with Crippen molar-refractivity contribution in [3.63, 3.8) is 0 Å². The molecule has 1 rings (SSSR count). The highest BCUT2D eigenvalue weighted by Gasteiger charge is 2.34. The SMILES string of the molecule is Cl.N#CC[C@@H](N)c1ccc(Cl)cc1C(F)(F)F. The molecule has 0 aliphatic carbocycles. The Labute approximate surface area is 108 Å². The average Bonchev–Trinajstić information content (AvgIpc) is 2.16. The molecule has 17 heavy (non-hydrogen) atoms.